The maximum Gasteiger partial charge on any atom is 0.237 e. The molecule has 17 heavy (non-hydrogen) atoms. The zero-order chi connectivity index (χ0) is 12.3. The van der Waals surface area contributed by atoms with E-state index in [-0.39, 0.29) is 24.6 Å². The molecule has 0 saturated carbocycles. The van der Waals surface area contributed by atoms with Gasteiger partial charge in [-0.05, 0) is 25.5 Å². The van der Waals surface area contributed by atoms with Crippen molar-refractivity contribution in [3.63, 3.8) is 0 Å². The summed E-state index contributed by atoms with van der Waals surface area (Å²) in [7, 11) is 0. The van der Waals surface area contributed by atoms with Gasteiger partial charge in [-0.3, -0.25) is 9.69 Å². The molecule has 1 fully saturated rings. The largest absolute Gasteiger partial charge is 0.468 e. The zero-order valence-electron chi connectivity index (χ0n) is 9.93. The molecule has 1 aliphatic rings. The molecule has 5 nitrogen and oxygen atoms in total. The molecule has 0 spiro atoms. The summed E-state index contributed by atoms with van der Waals surface area (Å²) < 4.78 is 5.30. The van der Waals surface area contributed by atoms with Gasteiger partial charge < -0.3 is 14.8 Å². The third-order valence-electron chi connectivity index (χ3n) is 2.98. The van der Waals surface area contributed by atoms with E-state index in [1.54, 1.807) is 6.26 Å². The second kappa shape index (κ2) is 5.33. The van der Waals surface area contributed by atoms with Crippen molar-refractivity contribution in [3.8, 4) is 0 Å². The quantitative estimate of drug-likeness (QED) is 0.794. The summed E-state index contributed by atoms with van der Waals surface area (Å²) in [6, 6.07) is 3.60. The minimum Gasteiger partial charge on any atom is -0.468 e. The Morgan fingerprint density at radius 1 is 1.65 bits per heavy atom. The first-order chi connectivity index (χ1) is 8.20. The Kier molecular flexibility index (Phi) is 3.81. The number of aliphatic hydroxyl groups is 1. The van der Waals surface area contributed by atoms with Crippen LogP contribution in [0.1, 0.15) is 19.1 Å². The molecule has 2 heterocycles. The van der Waals surface area contributed by atoms with Crippen molar-refractivity contribution in [3.05, 3.63) is 24.2 Å². The van der Waals surface area contributed by atoms with E-state index in [1.807, 2.05) is 19.1 Å². The van der Waals surface area contributed by atoms with Crippen molar-refractivity contribution in [2.45, 2.75) is 32.0 Å². The van der Waals surface area contributed by atoms with E-state index in [2.05, 4.69) is 10.2 Å². The molecule has 2 atom stereocenters. The van der Waals surface area contributed by atoms with E-state index in [4.69, 9.17) is 9.52 Å². The standard InChI is InChI=1S/C12H18N2O3/c1-9-7-14(8-10-3-2-6-17-10)11(4-5-15)12(16)13-9/h2-3,6,9,11,15H,4-5,7-8H2,1H3,(H,13,16). The molecule has 0 bridgehead atoms. The number of carbonyl (C=O) groups excluding carboxylic acids is 1. The molecule has 2 unspecified atom stereocenters. The van der Waals surface area contributed by atoms with Gasteiger partial charge in [-0.25, -0.2) is 0 Å². The van der Waals surface area contributed by atoms with E-state index in [0.717, 1.165) is 12.3 Å². The van der Waals surface area contributed by atoms with Crippen molar-refractivity contribution >= 4 is 5.91 Å². The van der Waals surface area contributed by atoms with E-state index < -0.39 is 0 Å². The first kappa shape index (κ1) is 12.1. The summed E-state index contributed by atoms with van der Waals surface area (Å²) >= 11 is 0. The first-order valence-electron chi connectivity index (χ1n) is 5.88. The summed E-state index contributed by atoms with van der Waals surface area (Å²) in [6.45, 7) is 3.37. The van der Waals surface area contributed by atoms with Gasteiger partial charge >= 0.3 is 0 Å². The molecular formula is C12H18N2O3. The van der Waals surface area contributed by atoms with Crippen LogP contribution in [0, 0.1) is 0 Å². The first-order valence-corrected chi connectivity index (χ1v) is 5.88. The highest BCUT2D eigenvalue weighted by molar-refractivity contribution is 5.82. The average Bonchev–Trinajstić information content (AvgIpc) is 2.76. The van der Waals surface area contributed by atoms with Gasteiger partial charge in [0.15, 0.2) is 0 Å². The van der Waals surface area contributed by atoms with Gasteiger partial charge in [-0.15, -0.1) is 0 Å². The van der Waals surface area contributed by atoms with Gasteiger partial charge in [0, 0.05) is 19.2 Å². The molecule has 1 amide bonds. The minimum atomic E-state index is -0.263. The lowest BCUT2D eigenvalue weighted by Crippen LogP contribution is -2.58. The van der Waals surface area contributed by atoms with Crippen LogP contribution in [0.4, 0.5) is 0 Å². The topological polar surface area (TPSA) is 65.7 Å². The fourth-order valence-electron chi connectivity index (χ4n) is 2.24. The van der Waals surface area contributed by atoms with Crippen molar-refractivity contribution in [2.75, 3.05) is 13.2 Å². The highest BCUT2D eigenvalue weighted by Gasteiger charge is 2.32. The fraction of sp³-hybridized carbons (Fsp3) is 0.583. The number of amides is 1. The Balaban J connectivity index is 2.07. The molecule has 1 saturated heterocycles. The van der Waals surface area contributed by atoms with Gasteiger partial charge in [0.1, 0.15) is 5.76 Å². The fourth-order valence-corrected chi connectivity index (χ4v) is 2.24. The van der Waals surface area contributed by atoms with Crippen LogP contribution < -0.4 is 5.32 Å². The molecular weight excluding hydrogens is 220 g/mol. The number of aliphatic hydroxyl groups excluding tert-OH is 1. The number of nitrogens with zero attached hydrogens (tertiary/aromatic N) is 1. The predicted octanol–water partition coefficient (Wildman–Crippen LogP) is 0.351. The average molecular weight is 238 g/mol. The van der Waals surface area contributed by atoms with Crippen molar-refractivity contribution in [2.24, 2.45) is 0 Å². The van der Waals surface area contributed by atoms with Crippen LogP contribution >= 0.6 is 0 Å². The van der Waals surface area contributed by atoms with Crippen LogP contribution in [0.3, 0.4) is 0 Å². The van der Waals surface area contributed by atoms with Gasteiger partial charge in [0.05, 0.1) is 18.8 Å². The molecule has 2 rings (SSSR count). The Hall–Kier alpha value is -1.33. The molecule has 1 aromatic heterocycles. The van der Waals surface area contributed by atoms with Crippen molar-refractivity contribution in [1.82, 2.24) is 10.2 Å². The summed E-state index contributed by atoms with van der Waals surface area (Å²) in [6.07, 6.45) is 2.09. The van der Waals surface area contributed by atoms with E-state index in [1.165, 1.54) is 0 Å². The number of hydrogen-bond donors (Lipinski definition) is 2. The second-order valence-electron chi connectivity index (χ2n) is 4.45. The highest BCUT2D eigenvalue weighted by atomic mass is 16.3. The summed E-state index contributed by atoms with van der Waals surface area (Å²) in [5.74, 6) is 0.833. The number of carbonyl (C=O) groups is 1. The van der Waals surface area contributed by atoms with Crippen LogP contribution in [-0.4, -0.2) is 41.1 Å². The normalized spacial score (nSPS) is 25.9. The lowest BCUT2D eigenvalue weighted by molar-refractivity contribution is -0.131. The van der Waals surface area contributed by atoms with Crippen LogP contribution in [0.2, 0.25) is 0 Å². The molecule has 0 radical (unpaired) electrons. The minimum absolute atomic E-state index is 0.00986. The van der Waals surface area contributed by atoms with E-state index in [9.17, 15) is 4.79 Å². The lowest BCUT2D eigenvalue weighted by Gasteiger charge is -2.37. The highest BCUT2D eigenvalue weighted by Crippen LogP contribution is 2.15. The van der Waals surface area contributed by atoms with Crippen LogP contribution in [0.25, 0.3) is 0 Å². The number of piperazine rings is 1. The van der Waals surface area contributed by atoms with Gasteiger partial charge in [0.2, 0.25) is 5.91 Å². The number of furan rings is 1. The molecule has 1 aromatic rings. The lowest BCUT2D eigenvalue weighted by atomic mass is 10.1. The predicted molar refractivity (Wildman–Crippen MR) is 62.2 cm³/mol. The molecule has 1 aliphatic heterocycles. The zero-order valence-corrected chi connectivity index (χ0v) is 9.93. The van der Waals surface area contributed by atoms with Crippen LogP contribution in [0.15, 0.2) is 22.8 Å². The molecule has 0 aromatic carbocycles. The SMILES string of the molecule is CC1CN(Cc2ccco2)C(CCO)C(=O)N1. The van der Waals surface area contributed by atoms with Gasteiger partial charge in [-0.1, -0.05) is 0 Å². The summed E-state index contributed by atoms with van der Waals surface area (Å²) in [5, 5.41) is 11.9. The second-order valence-corrected chi connectivity index (χ2v) is 4.45. The number of hydrogen-bond acceptors (Lipinski definition) is 4. The number of nitrogens with one attached hydrogen (secondary N) is 1. The van der Waals surface area contributed by atoms with Gasteiger partial charge in [-0.2, -0.15) is 0 Å². The maximum absolute atomic E-state index is 11.8. The Morgan fingerprint density at radius 3 is 3.12 bits per heavy atom. The number of rotatable bonds is 4. The van der Waals surface area contributed by atoms with E-state index >= 15 is 0 Å². The van der Waals surface area contributed by atoms with Gasteiger partial charge in [0.25, 0.3) is 0 Å². The Labute approximate surface area is 100 Å². The van der Waals surface area contributed by atoms with E-state index in [0.29, 0.717) is 13.0 Å². The smallest absolute Gasteiger partial charge is 0.237 e. The molecule has 2 N–H and O–H groups in total. The Morgan fingerprint density at radius 2 is 2.47 bits per heavy atom. The van der Waals surface area contributed by atoms with Crippen LogP contribution in [0.5, 0.6) is 0 Å². The summed E-state index contributed by atoms with van der Waals surface area (Å²) in [4.78, 5) is 13.9. The Bertz CT molecular complexity index is 364. The molecule has 94 valence electrons. The van der Waals surface area contributed by atoms with Crippen molar-refractivity contribution < 1.29 is 14.3 Å². The summed E-state index contributed by atoms with van der Waals surface area (Å²) in [5.41, 5.74) is 0. The van der Waals surface area contributed by atoms with Crippen molar-refractivity contribution in [1.29, 1.82) is 0 Å². The molecule has 5 heteroatoms. The third kappa shape index (κ3) is 2.87. The molecule has 0 aliphatic carbocycles. The van der Waals surface area contributed by atoms with Crippen LogP contribution in [-0.2, 0) is 11.3 Å². The maximum atomic E-state index is 11.8. The third-order valence-corrected chi connectivity index (χ3v) is 2.98. The monoisotopic (exact) mass is 238 g/mol.